The van der Waals surface area contributed by atoms with Crippen molar-refractivity contribution in [2.75, 3.05) is 67.7 Å². The standard InChI is InChI=1S/2C39H41Cl2N5O4/c2*1-49-34-18-25(17-23-15-16-46(22-32(23)34)21-27-11-14-36(48)44-27)28-5-3-6-29(37(28)40)30-7-4-8-31(38(30)41)33-12-9-24(39(45-33)50-2)19-42-20-26-10-13-35(47)43-26/h2*3-9,12,17-18,26-27,42H,10-11,13-16,19-22H2,1-2H3,(H,43,47)(H,44,48)/t26-,27?;26-,27-/m01/s1. The Morgan fingerprint density at radius 1 is 0.420 bits per heavy atom. The highest BCUT2D eigenvalue weighted by molar-refractivity contribution is 6.40. The summed E-state index contributed by atoms with van der Waals surface area (Å²) in [5.41, 5.74) is 16.7. The number of benzene rings is 6. The molecular weight excluding hydrogens is 1350 g/mol. The third-order valence-electron chi connectivity index (χ3n) is 19.9. The molecule has 0 aliphatic carbocycles. The Hall–Kier alpha value is -8.30. The molecule has 6 N–H and O–H groups in total. The Kier molecular flexibility index (Phi) is 22.2. The number of nitrogens with zero attached hydrogens (tertiary/aromatic N) is 4. The van der Waals surface area contributed by atoms with Crippen LogP contribution in [-0.2, 0) is 58.2 Å². The maximum atomic E-state index is 11.7. The number of carbonyl (C=O) groups excluding carboxylic acids is 4. The number of amides is 4. The number of fused-ring (bicyclic) bond motifs is 2. The monoisotopic (exact) mass is 1430 g/mol. The van der Waals surface area contributed by atoms with Gasteiger partial charge < -0.3 is 50.8 Å². The first-order valence-corrected chi connectivity index (χ1v) is 35.8. The van der Waals surface area contributed by atoms with Gasteiger partial charge in [0.1, 0.15) is 11.5 Å². The van der Waals surface area contributed by atoms with Gasteiger partial charge in [0.05, 0.1) is 59.9 Å². The molecule has 6 aliphatic rings. The Balaban J connectivity index is 0.000000179. The molecule has 0 radical (unpaired) electrons. The molecule has 4 saturated heterocycles. The molecule has 4 amide bonds. The third-order valence-corrected chi connectivity index (χ3v) is 21.6. The van der Waals surface area contributed by atoms with Crippen molar-refractivity contribution in [2.45, 2.75) is 115 Å². The molecule has 6 aromatic carbocycles. The van der Waals surface area contributed by atoms with Crippen molar-refractivity contribution in [2.24, 2.45) is 0 Å². The minimum Gasteiger partial charge on any atom is -0.496 e. The number of nitrogens with one attached hydrogen (secondary N) is 6. The average Bonchev–Trinajstić information content (AvgIpc) is 0.820. The second-order valence-electron chi connectivity index (χ2n) is 26.5. The Morgan fingerprint density at radius 2 is 0.760 bits per heavy atom. The van der Waals surface area contributed by atoms with E-state index in [1.807, 2.05) is 97.1 Å². The van der Waals surface area contributed by atoms with Gasteiger partial charge in [-0.25, -0.2) is 9.97 Å². The molecule has 22 heteroatoms. The van der Waals surface area contributed by atoms with Gasteiger partial charge in [0, 0.05) is 182 Å². The van der Waals surface area contributed by atoms with Crippen molar-refractivity contribution >= 4 is 70.0 Å². The van der Waals surface area contributed by atoms with Gasteiger partial charge in [0.25, 0.3) is 0 Å². The fourth-order valence-electron chi connectivity index (χ4n) is 14.7. The minimum atomic E-state index is 0.104. The molecule has 4 atom stereocenters. The van der Waals surface area contributed by atoms with Crippen molar-refractivity contribution in [1.82, 2.24) is 51.7 Å². The molecular formula is C78H82Cl4N10O8. The van der Waals surface area contributed by atoms with E-state index in [0.717, 1.165) is 156 Å². The van der Waals surface area contributed by atoms with Gasteiger partial charge in [-0.1, -0.05) is 143 Å². The van der Waals surface area contributed by atoms with Gasteiger partial charge in [0.2, 0.25) is 35.4 Å². The number of hydrogen-bond donors (Lipinski definition) is 6. The lowest BCUT2D eigenvalue weighted by atomic mass is 9.91. The molecule has 6 aliphatic heterocycles. The quantitative estimate of drug-likeness (QED) is 0.0373. The van der Waals surface area contributed by atoms with Crippen LogP contribution >= 0.6 is 46.4 Å². The van der Waals surface area contributed by atoms with Crippen LogP contribution in [0.5, 0.6) is 23.3 Å². The minimum absolute atomic E-state index is 0.104. The van der Waals surface area contributed by atoms with E-state index in [-0.39, 0.29) is 47.8 Å². The lowest BCUT2D eigenvalue weighted by Crippen LogP contribution is -2.41. The first kappa shape index (κ1) is 70.1. The van der Waals surface area contributed by atoms with Crippen LogP contribution in [0.25, 0.3) is 67.0 Å². The number of hydrogen-bond acceptors (Lipinski definition) is 14. The van der Waals surface area contributed by atoms with Crippen molar-refractivity contribution in [1.29, 1.82) is 0 Å². The Bertz CT molecular complexity index is 4110. The molecule has 4 fully saturated rings. The van der Waals surface area contributed by atoms with Crippen molar-refractivity contribution in [3.63, 3.8) is 0 Å². The molecule has 8 heterocycles. The van der Waals surface area contributed by atoms with E-state index in [2.05, 4.69) is 66.0 Å². The Labute approximate surface area is 603 Å². The summed E-state index contributed by atoms with van der Waals surface area (Å²) < 4.78 is 23.2. The van der Waals surface area contributed by atoms with Crippen LogP contribution < -0.4 is 50.8 Å². The topological polar surface area (TPSA) is 210 Å². The molecule has 0 bridgehead atoms. The second-order valence-corrected chi connectivity index (χ2v) is 28.0. The van der Waals surface area contributed by atoms with Crippen molar-refractivity contribution in [3.05, 3.63) is 175 Å². The van der Waals surface area contributed by atoms with Gasteiger partial charge in [0.15, 0.2) is 0 Å². The highest BCUT2D eigenvalue weighted by Crippen LogP contribution is 2.47. The van der Waals surface area contributed by atoms with E-state index in [4.69, 9.17) is 75.3 Å². The summed E-state index contributed by atoms with van der Waals surface area (Å²) in [4.78, 5) is 60.9. The van der Waals surface area contributed by atoms with Crippen LogP contribution in [0.1, 0.15) is 84.7 Å². The fourth-order valence-corrected chi connectivity index (χ4v) is 16.0. The van der Waals surface area contributed by atoms with Crippen LogP contribution in [0.3, 0.4) is 0 Å². The van der Waals surface area contributed by atoms with E-state index in [1.54, 1.807) is 28.4 Å². The summed E-state index contributed by atoms with van der Waals surface area (Å²) in [7, 11) is 6.64. The van der Waals surface area contributed by atoms with Gasteiger partial charge in [-0.3, -0.25) is 29.0 Å². The summed E-state index contributed by atoms with van der Waals surface area (Å²) >= 11 is 28.7. The number of rotatable bonds is 22. The smallest absolute Gasteiger partial charge is 0.220 e. The highest BCUT2D eigenvalue weighted by Gasteiger charge is 2.31. The van der Waals surface area contributed by atoms with E-state index in [1.165, 1.54) is 22.3 Å². The predicted octanol–water partition coefficient (Wildman–Crippen LogP) is 12.8. The van der Waals surface area contributed by atoms with E-state index < -0.39 is 0 Å². The van der Waals surface area contributed by atoms with Crippen LogP contribution in [0.4, 0.5) is 0 Å². The summed E-state index contributed by atoms with van der Waals surface area (Å²) in [6, 6.07) is 41.0. The normalized spacial score (nSPS) is 18.9. The summed E-state index contributed by atoms with van der Waals surface area (Å²) in [6.45, 7) is 7.56. The maximum absolute atomic E-state index is 11.7. The van der Waals surface area contributed by atoms with E-state index >= 15 is 0 Å². The first-order chi connectivity index (χ1) is 48.6. The Morgan fingerprint density at radius 3 is 1.10 bits per heavy atom. The zero-order valence-corrected chi connectivity index (χ0v) is 59.6. The zero-order valence-electron chi connectivity index (χ0n) is 56.6. The van der Waals surface area contributed by atoms with E-state index in [0.29, 0.717) is 95.1 Å². The van der Waals surface area contributed by atoms with Crippen LogP contribution in [0.2, 0.25) is 20.1 Å². The molecule has 1 unspecified atom stereocenters. The summed E-state index contributed by atoms with van der Waals surface area (Å²) in [6.07, 6.45) is 7.60. The predicted molar refractivity (Wildman–Crippen MR) is 393 cm³/mol. The average molecular weight is 1430 g/mol. The van der Waals surface area contributed by atoms with Crippen molar-refractivity contribution < 1.29 is 38.1 Å². The molecule has 2 aromatic heterocycles. The highest BCUT2D eigenvalue weighted by atomic mass is 35.5. The van der Waals surface area contributed by atoms with Crippen molar-refractivity contribution in [3.8, 4) is 90.3 Å². The molecule has 0 saturated carbocycles. The third kappa shape index (κ3) is 15.7. The second kappa shape index (κ2) is 31.7. The van der Waals surface area contributed by atoms with Crippen LogP contribution in [0, 0.1) is 0 Å². The number of halogens is 4. The van der Waals surface area contributed by atoms with Gasteiger partial charge in [-0.2, -0.15) is 0 Å². The van der Waals surface area contributed by atoms with Gasteiger partial charge in [-0.15, -0.1) is 0 Å². The number of pyridine rings is 2. The molecule has 8 aromatic rings. The largest absolute Gasteiger partial charge is 0.496 e. The van der Waals surface area contributed by atoms with Crippen LogP contribution in [-0.4, -0.2) is 135 Å². The maximum Gasteiger partial charge on any atom is 0.220 e. The lowest BCUT2D eigenvalue weighted by molar-refractivity contribution is -0.120. The fraction of sp³-hybridized carbons (Fsp3) is 0.359. The zero-order chi connectivity index (χ0) is 69.6. The molecule has 100 heavy (non-hydrogen) atoms. The van der Waals surface area contributed by atoms with Gasteiger partial charge in [-0.05, 0) is 85.0 Å². The van der Waals surface area contributed by atoms with E-state index in [9.17, 15) is 19.2 Å². The number of ether oxygens (including phenoxy) is 4. The molecule has 0 spiro atoms. The number of aromatic nitrogens is 2. The molecule has 18 nitrogen and oxygen atoms in total. The lowest BCUT2D eigenvalue weighted by Gasteiger charge is -2.32. The summed E-state index contributed by atoms with van der Waals surface area (Å²) in [5, 5.41) is 21.3. The van der Waals surface area contributed by atoms with Crippen LogP contribution in [0.15, 0.2) is 121 Å². The number of carbonyl (C=O) groups is 4. The first-order valence-electron chi connectivity index (χ1n) is 34.3. The molecule has 520 valence electrons. The SMILES string of the molecule is COc1cc(-c2cccc(-c3cccc(-c4ccc(CNC[C@@H]5CCC(=O)N5)c(OC)n4)c3Cl)c2Cl)cc2c1CN(CC1CCC(=O)N1)CC2.COc1cc(-c2cccc(-c3cccc(-c4ccc(CNC[C@H]5CCC(=O)N5)c(OC)n4)c3Cl)c2Cl)cc2c1CN(C[C@H]1CCC(=O)N1)CC2. The number of methoxy groups -OCH3 is 4. The summed E-state index contributed by atoms with van der Waals surface area (Å²) in [5.74, 6) is 3.20. The van der Waals surface area contributed by atoms with Gasteiger partial charge >= 0.3 is 0 Å². The molecule has 14 rings (SSSR count).